The fraction of sp³-hybridized carbons (Fsp3) is 0.580. The van der Waals surface area contributed by atoms with E-state index in [1.165, 1.54) is 0 Å². The second kappa shape index (κ2) is 43.8. The molecule has 1 atom stereocenters. The summed E-state index contributed by atoms with van der Waals surface area (Å²) < 4.78 is 6.00. The van der Waals surface area contributed by atoms with Gasteiger partial charge in [-0.1, -0.05) is 149 Å². The van der Waals surface area contributed by atoms with Gasteiger partial charge in [0, 0.05) is 12.8 Å². The third kappa shape index (κ3) is 42.8. The van der Waals surface area contributed by atoms with Gasteiger partial charge < -0.3 is 15.2 Å². The molecule has 0 bridgehead atoms. The fourth-order valence-corrected chi connectivity index (χ4v) is 5.77. The maximum Gasteiger partial charge on any atom is 0.322 e. The second-order valence-electron chi connectivity index (χ2n) is 14.2. The molecule has 0 aliphatic heterocycles. The average molecular weight is 774 g/mol. The zero-order chi connectivity index (χ0) is 40.8. The van der Waals surface area contributed by atoms with Crippen molar-refractivity contribution in [3.8, 4) is 0 Å². The lowest BCUT2D eigenvalue weighted by atomic mass is 10.0. The highest BCUT2D eigenvalue weighted by atomic mass is 16.5. The number of unbranched alkanes of at least 4 members (excludes halogenated alkanes) is 9. The number of carboxylic acids is 1. The number of nitrogens with one attached hydrogen (secondary N) is 1. The molecule has 2 N–H and O–H groups in total. The van der Waals surface area contributed by atoms with E-state index in [2.05, 4.69) is 129 Å². The molecule has 0 radical (unpaired) electrons. The molecule has 0 aromatic carbocycles. The third-order valence-electron chi connectivity index (χ3n) is 8.94. The van der Waals surface area contributed by atoms with Crippen molar-refractivity contribution < 1.29 is 24.2 Å². The number of hydrogen-bond acceptors (Lipinski definition) is 4. The summed E-state index contributed by atoms with van der Waals surface area (Å²) in [5.74, 6) is -1.31. The van der Waals surface area contributed by atoms with E-state index in [0.29, 0.717) is 12.8 Å². The van der Waals surface area contributed by atoms with Crippen LogP contribution < -0.4 is 5.32 Å². The standard InChI is InChI=1S/C50H79NO5/c1-3-5-7-9-11-13-15-17-19-20-21-22-24-26-28-30-32-37-41-45-50(55)56-47(43-39-35-33-36-40-44-48(52)51-46-49(53)54)42-38-34-31-29-27-25-23-18-16-14-12-10-8-6-4-2/h5-8,11-14,17-19,21-23,26-29,47H,3-4,9-10,15-16,20,24-25,30-46H2,1-2H3,(H,51,52)(H,53,54)/b7-5-,8-6-,13-11-,14-12-,19-17-,22-21-,23-18-,28-26-,29-27-. The first-order valence-corrected chi connectivity index (χ1v) is 22.0. The van der Waals surface area contributed by atoms with Gasteiger partial charge in [0.15, 0.2) is 0 Å². The van der Waals surface area contributed by atoms with Crippen molar-refractivity contribution in [1.29, 1.82) is 0 Å². The lowest BCUT2D eigenvalue weighted by Gasteiger charge is -2.18. The van der Waals surface area contributed by atoms with Crippen LogP contribution >= 0.6 is 0 Å². The van der Waals surface area contributed by atoms with Crippen LogP contribution in [-0.4, -0.2) is 35.6 Å². The Bertz CT molecular complexity index is 1220. The summed E-state index contributed by atoms with van der Waals surface area (Å²) >= 11 is 0. The maximum absolute atomic E-state index is 12.8. The first-order chi connectivity index (χ1) is 27.5. The zero-order valence-electron chi connectivity index (χ0n) is 35.4. The van der Waals surface area contributed by atoms with Gasteiger partial charge in [0.25, 0.3) is 0 Å². The molecule has 0 heterocycles. The van der Waals surface area contributed by atoms with Crippen molar-refractivity contribution in [2.24, 2.45) is 0 Å². The molecule has 56 heavy (non-hydrogen) atoms. The minimum Gasteiger partial charge on any atom is -0.480 e. The predicted molar refractivity (Wildman–Crippen MR) is 240 cm³/mol. The van der Waals surface area contributed by atoms with Crippen LogP contribution in [0.15, 0.2) is 109 Å². The Hall–Kier alpha value is -3.93. The van der Waals surface area contributed by atoms with Gasteiger partial charge in [-0.15, -0.1) is 0 Å². The number of aliphatic carboxylic acids is 1. The van der Waals surface area contributed by atoms with E-state index in [-0.39, 0.29) is 24.5 Å². The highest BCUT2D eigenvalue weighted by molar-refractivity contribution is 5.80. The first-order valence-electron chi connectivity index (χ1n) is 22.0. The molecular formula is C50H79NO5. The van der Waals surface area contributed by atoms with E-state index in [4.69, 9.17) is 9.84 Å². The Labute approximate surface area is 342 Å². The molecule has 0 fully saturated rings. The van der Waals surface area contributed by atoms with E-state index in [0.717, 1.165) is 148 Å². The van der Waals surface area contributed by atoms with Crippen molar-refractivity contribution in [2.45, 2.75) is 180 Å². The van der Waals surface area contributed by atoms with Crippen LogP contribution in [0.4, 0.5) is 0 Å². The highest BCUT2D eigenvalue weighted by Gasteiger charge is 2.14. The molecule has 0 spiro atoms. The second-order valence-corrected chi connectivity index (χ2v) is 14.2. The minimum absolute atomic E-state index is 0.0389. The van der Waals surface area contributed by atoms with Gasteiger partial charge in [0.05, 0.1) is 0 Å². The number of carboxylic acid groups (broad SMARTS) is 1. The predicted octanol–water partition coefficient (Wildman–Crippen LogP) is 13.9. The molecule has 0 aliphatic rings. The molecule has 6 heteroatoms. The molecule has 0 aromatic rings. The Morgan fingerprint density at radius 3 is 1.29 bits per heavy atom. The van der Waals surface area contributed by atoms with Gasteiger partial charge in [0.2, 0.25) is 5.91 Å². The average Bonchev–Trinajstić information content (AvgIpc) is 3.18. The van der Waals surface area contributed by atoms with E-state index in [9.17, 15) is 14.4 Å². The van der Waals surface area contributed by atoms with Gasteiger partial charge in [-0.25, -0.2) is 0 Å². The van der Waals surface area contributed by atoms with Gasteiger partial charge in [-0.05, 0) is 122 Å². The summed E-state index contributed by atoms with van der Waals surface area (Å²) in [5.41, 5.74) is 0. The SMILES string of the molecule is CC/C=C\C/C=C\C/C=C\C/C=C\C/C=C\CCCCCC(=O)OC(CCCC/C=C\C/C=C\C/C=C\C/C=C\CC)CCCCCCCC(=O)NCC(=O)O. The molecule has 0 aliphatic carbocycles. The molecule has 0 saturated heterocycles. The van der Waals surface area contributed by atoms with Crippen LogP contribution in [0, 0.1) is 0 Å². The molecule has 1 unspecified atom stereocenters. The topological polar surface area (TPSA) is 92.7 Å². The van der Waals surface area contributed by atoms with Crippen LogP contribution in [0.2, 0.25) is 0 Å². The van der Waals surface area contributed by atoms with Crippen LogP contribution in [0.3, 0.4) is 0 Å². The molecule has 1 amide bonds. The number of allylic oxidation sites excluding steroid dienone is 18. The van der Waals surface area contributed by atoms with Crippen molar-refractivity contribution >= 4 is 17.8 Å². The van der Waals surface area contributed by atoms with Crippen LogP contribution in [0.1, 0.15) is 174 Å². The molecule has 314 valence electrons. The number of esters is 1. The van der Waals surface area contributed by atoms with Crippen molar-refractivity contribution in [1.82, 2.24) is 5.32 Å². The van der Waals surface area contributed by atoms with E-state index in [1.54, 1.807) is 0 Å². The van der Waals surface area contributed by atoms with Gasteiger partial charge in [-0.3, -0.25) is 14.4 Å². The Balaban J connectivity index is 4.36. The normalized spacial score (nSPS) is 13.2. The molecule has 0 aromatic heterocycles. The monoisotopic (exact) mass is 774 g/mol. The van der Waals surface area contributed by atoms with Crippen LogP contribution in [-0.2, 0) is 19.1 Å². The van der Waals surface area contributed by atoms with Crippen molar-refractivity contribution in [2.75, 3.05) is 6.54 Å². The quantitative estimate of drug-likeness (QED) is 0.0370. The molecular weight excluding hydrogens is 695 g/mol. The summed E-state index contributed by atoms with van der Waals surface area (Å²) in [6.07, 6.45) is 63.5. The maximum atomic E-state index is 12.8. The van der Waals surface area contributed by atoms with Gasteiger partial charge in [-0.2, -0.15) is 0 Å². The third-order valence-corrected chi connectivity index (χ3v) is 8.94. The smallest absolute Gasteiger partial charge is 0.322 e. The van der Waals surface area contributed by atoms with Gasteiger partial charge >= 0.3 is 11.9 Å². The van der Waals surface area contributed by atoms with Crippen LogP contribution in [0.25, 0.3) is 0 Å². The fourth-order valence-electron chi connectivity index (χ4n) is 5.77. The summed E-state index contributed by atoms with van der Waals surface area (Å²) in [6, 6.07) is 0. The Kier molecular flexibility index (Phi) is 40.7. The minimum atomic E-state index is -1.03. The van der Waals surface area contributed by atoms with E-state index < -0.39 is 5.97 Å². The number of carbonyl (C=O) groups is 3. The largest absolute Gasteiger partial charge is 0.480 e. The lowest BCUT2D eigenvalue weighted by molar-refractivity contribution is -0.150. The Morgan fingerprint density at radius 2 is 0.821 bits per heavy atom. The summed E-state index contributed by atoms with van der Waals surface area (Å²) in [4.78, 5) is 35.1. The number of rotatable bonds is 38. The lowest BCUT2D eigenvalue weighted by Crippen LogP contribution is -2.28. The molecule has 0 saturated carbocycles. The number of amides is 1. The summed E-state index contributed by atoms with van der Waals surface area (Å²) in [5, 5.41) is 11.1. The first kappa shape index (κ1) is 52.1. The Morgan fingerprint density at radius 1 is 0.464 bits per heavy atom. The summed E-state index contributed by atoms with van der Waals surface area (Å²) in [7, 11) is 0. The highest BCUT2D eigenvalue weighted by Crippen LogP contribution is 2.18. The molecule has 6 nitrogen and oxygen atoms in total. The zero-order valence-corrected chi connectivity index (χ0v) is 35.4. The van der Waals surface area contributed by atoms with Crippen molar-refractivity contribution in [3.63, 3.8) is 0 Å². The summed E-state index contributed by atoms with van der Waals surface area (Å²) in [6.45, 7) is 3.98. The number of hydrogen-bond donors (Lipinski definition) is 2. The number of carbonyl (C=O) groups excluding carboxylic acids is 2. The van der Waals surface area contributed by atoms with Crippen LogP contribution in [0.5, 0.6) is 0 Å². The van der Waals surface area contributed by atoms with Gasteiger partial charge in [0.1, 0.15) is 12.6 Å². The van der Waals surface area contributed by atoms with E-state index >= 15 is 0 Å². The number of ether oxygens (including phenoxy) is 1. The molecule has 0 rings (SSSR count). The van der Waals surface area contributed by atoms with E-state index in [1.807, 2.05) is 0 Å². The van der Waals surface area contributed by atoms with Crippen molar-refractivity contribution in [3.05, 3.63) is 109 Å².